The second kappa shape index (κ2) is 4.92. The molecule has 2 saturated carbocycles. The summed E-state index contributed by atoms with van der Waals surface area (Å²) in [4.78, 5) is 11.9. The zero-order valence-corrected chi connectivity index (χ0v) is 11.1. The zero-order valence-electron chi connectivity index (χ0n) is 11.1. The molecule has 6 heteroatoms. The molecule has 2 unspecified atom stereocenters. The van der Waals surface area contributed by atoms with E-state index in [0.29, 0.717) is 18.2 Å². The Labute approximate surface area is 111 Å². The molecule has 3 rings (SSSR count). The van der Waals surface area contributed by atoms with Crippen molar-refractivity contribution in [2.45, 2.75) is 57.1 Å². The first-order valence-electron chi connectivity index (χ1n) is 7.02. The Morgan fingerprint density at radius 1 is 1.42 bits per heavy atom. The molecular weight excluding hydrogens is 246 g/mol. The normalized spacial score (nSPS) is 26.6. The molecular formula is C13H19N3O3. The quantitative estimate of drug-likeness (QED) is 0.833. The smallest absolute Gasteiger partial charge is 0.360 e. The standard InChI is InChI=1S/C13H19N3O3/c1-2-19-13(18)11-12(8-6-7-8)16(15-14-11)9-4-3-5-10(9)17/h8-10,17H,2-7H2,1H3. The molecule has 1 aromatic rings. The van der Waals surface area contributed by atoms with E-state index >= 15 is 0 Å². The lowest BCUT2D eigenvalue weighted by Crippen LogP contribution is -2.21. The summed E-state index contributed by atoms with van der Waals surface area (Å²) in [5, 5.41) is 18.1. The fourth-order valence-electron chi connectivity index (χ4n) is 2.83. The lowest BCUT2D eigenvalue weighted by molar-refractivity contribution is 0.0517. The van der Waals surface area contributed by atoms with Gasteiger partial charge in [-0.2, -0.15) is 0 Å². The van der Waals surface area contributed by atoms with Gasteiger partial charge < -0.3 is 9.84 Å². The van der Waals surface area contributed by atoms with Gasteiger partial charge >= 0.3 is 5.97 Å². The van der Waals surface area contributed by atoms with Crippen LogP contribution in [0.25, 0.3) is 0 Å². The zero-order chi connectivity index (χ0) is 13.4. The van der Waals surface area contributed by atoms with Crippen LogP contribution in [-0.4, -0.2) is 38.8 Å². The van der Waals surface area contributed by atoms with Crippen LogP contribution in [0.4, 0.5) is 0 Å². The third kappa shape index (κ3) is 2.25. The van der Waals surface area contributed by atoms with Crippen molar-refractivity contribution in [1.82, 2.24) is 15.0 Å². The molecule has 0 bridgehead atoms. The molecule has 0 amide bonds. The monoisotopic (exact) mass is 265 g/mol. The maximum atomic E-state index is 11.9. The van der Waals surface area contributed by atoms with Crippen molar-refractivity contribution in [2.75, 3.05) is 6.61 Å². The first-order valence-corrected chi connectivity index (χ1v) is 7.02. The van der Waals surface area contributed by atoms with Gasteiger partial charge in [0.15, 0.2) is 5.69 Å². The van der Waals surface area contributed by atoms with E-state index < -0.39 is 5.97 Å². The van der Waals surface area contributed by atoms with E-state index in [1.165, 1.54) is 0 Å². The highest BCUT2D eigenvalue weighted by Crippen LogP contribution is 2.43. The average Bonchev–Trinajstić information content (AvgIpc) is 2.99. The summed E-state index contributed by atoms with van der Waals surface area (Å²) in [6.45, 7) is 2.11. The maximum Gasteiger partial charge on any atom is 0.360 e. The van der Waals surface area contributed by atoms with Gasteiger partial charge in [0, 0.05) is 5.92 Å². The van der Waals surface area contributed by atoms with Gasteiger partial charge in [-0.3, -0.25) is 0 Å². The lowest BCUT2D eigenvalue weighted by Gasteiger charge is -2.17. The van der Waals surface area contributed by atoms with Gasteiger partial charge in [-0.15, -0.1) is 5.10 Å². The van der Waals surface area contributed by atoms with Crippen LogP contribution in [0.3, 0.4) is 0 Å². The highest BCUT2D eigenvalue weighted by molar-refractivity contribution is 5.88. The van der Waals surface area contributed by atoms with Gasteiger partial charge in [-0.25, -0.2) is 9.48 Å². The number of aromatic nitrogens is 3. The molecule has 0 spiro atoms. The maximum absolute atomic E-state index is 11.9. The van der Waals surface area contributed by atoms with Gasteiger partial charge in [0.1, 0.15) is 0 Å². The predicted molar refractivity (Wildman–Crippen MR) is 66.8 cm³/mol. The number of esters is 1. The van der Waals surface area contributed by atoms with Gasteiger partial charge in [-0.05, 0) is 39.0 Å². The summed E-state index contributed by atoms with van der Waals surface area (Å²) in [6, 6.07) is -0.0359. The van der Waals surface area contributed by atoms with Gasteiger partial charge in [0.05, 0.1) is 24.4 Å². The molecule has 104 valence electrons. The second-order valence-corrected chi connectivity index (χ2v) is 5.33. The van der Waals surface area contributed by atoms with Crippen LogP contribution in [0.1, 0.15) is 67.2 Å². The van der Waals surface area contributed by atoms with Crippen molar-refractivity contribution in [2.24, 2.45) is 0 Å². The van der Waals surface area contributed by atoms with Gasteiger partial charge in [0.25, 0.3) is 0 Å². The summed E-state index contributed by atoms with van der Waals surface area (Å²) in [6.07, 6.45) is 4.42. The number of ether oxygens (including phenoxy) is 1. The van der Waals surface area contributed by atoms with Crippen molar-refractivity contribution in [3.05, 3.63) is 11.4 Å². The molecule has 2 fully saturated rings. The topological polar surface area (TPSA) is 77.2 Å². The predicted octanol–water partition coefficient (Wildman–Crippen LogP) is 1.42. The Balaban J connectivity index is 1.94. The van der Waals surface area contributed by atoms with Crippen molar-refractivity contribution in [3.63, 3.8) is 0 Å². The number of aliphatic hydroxyl groups is 1. The molecule has 0 aliphatic heterocycles. The van der Waals surface area contributed by atoms with Crippen LogP contribution in [-0.2, 0) is 4.74 Å². The van der Waals surface area contributed by atoms with Gasteiger partial charge in [0.2, 0.25) is 0 Å². The van der Waals surface area contributed by atoms with E-state index in [9.17, 15) is 9.90 Å². The molecule has 0 aromatic carbocycles. The number of carbonyl (C=O) groups excluding carboxylic acids is 1. The van der Waals surface area contributed by atoms with Crippen LogP contribution < -0.4 is 0 Å². The first-order chi connectivity index (χ1) is 9.22. The second-order valence-electron chi connectivity index (χ2n) is 5.33. The van der Waals surface area contributed by atoms with Crippen molar-refractivity contribution >= 4 is 5.97 Å². The van der Waals surface area contributed by atoms with Crippen LogP contribution in [0.5, 0.6) is 0 Å². The molecule has 2 atom stereocenters. The Bertz CT molecular complexity index is 481. The Morgan fingerprint density at radius 2 is 2.21 bits per heavy atom. The molecule has 0 saturated heterocycles. The molecule has 2 aliphatic rings. The van der Waals surface area contributed by atoms with Gasteiger partial charge in [-0.1, -0.05) is 5.21 Å². The Hall–Kier alpha value is -1.43. The molecule has 2 aliphatic carbocycles. The van der Waals surface area contributed by atoms with E-state index in [-0.39, 0.29) is 12.1 Å². The lowest BCUT2D eigenvalue weighted by atomic mass is 10.1. The minimum absolute atomic E-state index is 0.0359. The summed E-state index contributed by atoms with van der Waals surface area (Å²) < 4.78 is 6.81. The van der Waals surface area contributed by atoms with Crippen molar-refractivity contribution in [3.8, 4) is 0 Å². The number of nitrogens with zero attached hydrogens (tertiary/aromatic N) is 3. The minimum Gasteiger partial charge on any atom is -0.461 e. The van der Waals surface area contributed by atoms with Crippen LogP contribution in [0, 0.1) is 0 Å². The number of aliphatic hydroxyl groups excluding tert-OH is 1. The van der Waals surface area contributed by atoms with E-state index in [4.69, 9.17) is 4.74 Å². The number of hydrogen-bond donors (Lipinski definition) is 1. The number of hydrogen-bond acceptors (Lipinski definition) is 5. The molecule has 0 radical (unpaired) electrons. The fraction of sp³-hybridized carbons (Fsp3) is 0.769. The summed E-state index contributed by atoms with van der Waals surface area (Å²) in [5.74, 6) is -0.0506. The van der Waals surface area contributed by atoms with Crippen molar-refractivity contribution in [1.29, 1.82) is 0 Å². The summed E-state index contributed by atoms with van der Waals surface area (Å²) >= 11 is 0. The average molecular weight is 265 g/mol. The molecule has 1 aromatic heterocycles. The molecule has 6 nitrogen and oxygen atoms in total. The third-order valence-corrected chi connectivity index (χ3v) is 3.92. The van der Waals surface area contributed by atoms with Crippen LogP contribution in [0.2, 0.25) is 0 Å². The van der Waals surface area contributed by atoms with Crippen molar-refractivity contribution < 1.29 is 14.6 Å². The first kappa shape index (κ1) is 12.6. The van der Waals surface area contributed by atoms with E-state index in [1.807, 2.05) is 0 Å². The largest absolute Gasteiger partial charge is 0.461 e. The van der Waals surface area contributed by atoms with Crippen LogP contribution >= 0.6 is 0 Å². The van der Waals surface area contributed by atoms with E-state index in [1.54, 1.807) is 11.6 Å². The molecule has 19 heavy (non-hydrogen) atoms. The summed E-state index contributed by atoms with van der Waals surface area (Å²) in [7, 11) is 0. The highest BCUT2D eigenvalue weighted by Gasteiger charge is 2.38. The molecule has 1 heterocycles. The SMILES string of the molecule is CCOC(=O)c1nnn(C2CCCC2O)c1C1CC1. The van der Waals surface area contributed by atoms with Crippen LogP contribution in [0.15, 0.2) is 0 Å². The number of rotatable bonds is 4. The van der Waals surface area contributed by atoms with E-state index in [2.05, 4.69) is 10.3 Å². The molecule has 1 N–H and O–H groups in total. The Morgan fingerprint density at radius 3 is 2.79 bits per heavy atom. The summed E-state index contributed by atoms with van der Waals surface area (Å²) in [5.41, 5.74) is 1.20. The number of carbonyl (C=O) groups is 1. The highest BCUT2D eigenvalue weighted by atomic mass is 16.5. The Kier molecular flexibility index (Phi) is 3.26. The van der Waals surface area contributed by atoms with E-state index in [0.717, 1.165) is 37.8 Å². The fourth-order valence-corrected chi connectivity index (χ4v) is 2.83. The minimum atomic E-state index is -0.400. The third-order valence-electron chi connectivity index (χ3n) is 3.92.